The van der Waals surface area contributed by atoms with E-state index in [2.05, 4.69) is 22.2 Å². The molecular weight excluding hydrogens is 469 g/mol. The van der Waals surface area contributed by atoms with Crippen molar-refractivity contribution in [2.45, 2.75) is 31.2 Å². The maximum absolute atomic E-state index is 12.7. The van der Waals surface area contributed by atoms with Gasteiger partial charge in [0, 0.05) is 31.0 Å². The number of anilines is 1. The number of nitrogens with one attached hydrogen (secondary N) is 1. The number of aromatic nitrogens is 4. The van der Waals surface area contributed by atoms with Gasteiger partial charge in [-0.2, -0.15) is 18.3 Å². The molecule has 12 heteroatoms. The van der Waals surface area contributed by atoms with Crippen LogP contribution in [-0.2, 0) is 17.5 Å². The minimum absolute atomic E-state index is 0.161. The van der Waals surface area contributed by atoms with Gasteiger partial charge in [0.1, 0.15) is 5.82 Å². The molecule has 0 bridgehead atoms. The number of amides is 1. The molecular formula is C22H25F3N6O2S. The summed E-state index contributed by atoms with van der Waals surface area (Å²) >= 11 is 1.58. The lowest BCUT2D eigenvalue weighted by molar-refractivity contribution is -0.137. The van der Waals surface area contributed by atoms with Crippen LogP contribution in [0.15, 0.2) is 35.6 Å². The Morgan fingerprint density at radius 3 is 2.59 bits per heavy atom. The molecule has 0 radical (unpaired) electrons. The first kappa shape index (κ1) is 24.3. The molecule has 0 aliphatic carbocycles. The number of ether oxygens (including phenoxy) is 1. The Labute approximate surface area is 198 Å². The molecule has 4 rings (SSSR count). The molecule has 1 N–H and O–H groups in total. The van der Waals surface area contributed by atoms with Crippen LogP contribution in [0.25, 0.3) is 11.0 Å². The minimum Gasteiger partial charge on any atom is -0.378 e. The number of rotatable bonds is 8. The van der Waals surface area contributed by atoms with E-state index in [9.17, 15) is 18.0 Å². The minimum atomic E-state index is -4.44. The summed E-state index contributed by atoms with van der Waals surface area (Å²) in [7, 11) is 0. The maximum atomic E-state index is 12.7. The Kier molecular flexibility index (Phi) is 7.57. The zero-order valence-electron chi connectivity index (χ0n) is 18.6. The molecule has 1 aliphatic heterocycles. The molecule has 1 fully saturated rings. The van der Waals surface area contributed by atoms with Crippen LogP contribution in [0.5, 0.6) is 0 Å². The van der Waals surface area contributed by atoms with Crippen LogP contribution in [0.1, 0.15) is 29.3 Å². The van der Waals surface area contributed by atoms with Gasteiger partial charge in [-0.25, -0.2) is 14.6 Å². The third-order valence-electron chi connectivity index (χ3n) is 5.29. The molecule has 3 aromatic rings. The van der Waals surface area contributed by atoms with Crippen LogP contribution >= 0.6 is 11.8 Å². The first-order valence-corrected chi connectivity index (χ1v) is 12.0. The van der Waals surface area contributed by atoms with Gasteiger partial charge in [-0.3, -0.25) is 4.79 Å². The number of benzene rings is 1. The van der Waals surface area contributed by atoms with Gasteiger partial charge in [0.05, 0.1) is 36.9 Å². The summed E-state index contributed by atoms with van der Waals surface area (Å²) in [6.07, 6.45) is -1.72. The summed E-state index contributed by atoms with van der Waals surface area (Å²) < 4.78 is 45.3. The Hall–Kier alpha value is -2.86. The van der Waals surface area contributed by atoms with E-state index >= 15 is 0 Å². The van der Waals surface area contributed by atoms with Gasteiger partial charge in [-0.1, -0.05) is 18.7 Å². The van der Waals surface area contributed by atoms with Crippen molar-refractivity contribution in [1.29, 1.82) is 0 Å². The van der Waals surface area contributed by atoms with Crippen LogP contribution in [0, 0.1) is 0 Å². The summed E-state index contributed by atoms with van der Waals surface area (Å²) in [5.41, 5.74) is 0.0481. The van der Waals surface area contributed by atoms with Gasteiger partial charge in [-0.05, 0) is 30.7 Å². The molecule has 182 valence electrons. The molecule has 0 atom stereocenters. The number of carbonyl (C=O) groups excluding carboxylic acids is 1. The van der Waals surface area contributed by atoms with E-state index in [1.54, 1.807) is 22.6 Å². The third-order valence-corrected chi connectivity index (χ3v) is 6.34. The van der Waals surface area contributed by atoms with Crippen molar-refractivity contribution in [3.8, 4) is 0 Å². The summed E-state index contributed by atoms with van der Waals surface area (Å²) in [5.74, 6) is 1.27. The fraction of sp³-hybridized carbons (Fsp3) is 0.455. The molecule has 34 heavy (non-hydrogen) atoms. The SMILES string of the molecule is CCCSc1nc(N2CCOCC2)c2cnn(CCNC(=O)c3ccc(C(F)(F)F)cc3)c2n1. The largest absolute Gasteiger partial charge is 0.416 e. The van der Waals surface area contributed by atoms with E-state index in [0.29, 0.717) is 30.6 Å². The highest BCUT2D eigenvalue weighted by atomic mass is 32.2. The van der Waals surface area contributed by atoms with Gasteiger partial charge in [0.15, 0.2) is 10.8 Å². The van der Waals surface area contributed by atoms with E-state index in [-0.39, 0.29) is 12.1 Å². The summed E-state index contributed by atoms with van der Waals surface area (Å²) in [4.78, 5) is 24.0. The molecule has 0 spiro atoms. The number of thioether (sulfide) groups is 1. The van der Waals surface area contributed by atoms with Crippen LogP contribution in [0.2, 0.25) is 0 Å². The highest BCUT2D eigenvalue weighted by Gasteiger charge is 2.30. The second-order valence-corrected chi connectivity index (χ2v) is 8.78. The van der Waals surface area contributed by atoms with Crippen molar-refractivity contribution in [1.82, 2.24) is 25.1 Å². The van der Waals surface area contributed by atoms with Crippen molar-refractivity contribution >= 4 is 34.5 Å². The van der Waals surface area contributed by atoms with E-state index in [4.69, 9.17) is 14.7 Å². The molecule has 8 nitrogen and oxygen atoms in total. The second kappa shape index (κ2) is 10.6. The molecule has 0 unspecified atom stereocenters. The average molecular weight is 495 g/mol. The molecule has 0 saturated carbocycles. The highest BCUT2D eigenvalue weighted by molar-refractivity contribution is 7.99. The predicted molar refractivity (Wildman–Crippen MR) is 123 cm³/mol. The Bertz CT molecular complexity index is 1130. The molecule has 1 amide bonds. The van der Waals surface area contributed by atoms with Crippen molar-refractivity contribution in [2.75, 3.05) is 43.5 Å². The normalized spacial score (nSPS) is 14.5. The number of fused-ring (bicyclic) bond motifs is 1. The van der Waals surface area contributed by atoms with Gasteiger partial charge < -0.3 is 15.0 Å². The lowest BCUT2D eigenvalue weighted by Gasteiger charge is -2.28. The quantitative estimate of drug-likeness (QED) is 0.378. The van der Waals surface area contributed by atoms with E-state index in [1.807, 2.05) is 0 Å². The van der Waals surface area contributed by atoms with Crippen molar-refractivity contribution in [2.24, 2.45) is 0 Å². The standard InChI is InChI=1S/C22H25F3N6O2S/c1-2-13-34-21-28-18(30-9-11-33-12-10-30)17-14-27-31(19(17)29-21)8-7-26-20(32)15-3-5-16(6-4-15)22(23,24)25/h3-6,14H,2,7-13H2,1H3,(H,26,32). The maximum Gasteiger partial charge on any atom is 0.416 e. The number of nitrogens with zero attached hydrogens (tertiary/aromatic N) is 5. The van der Waals surface area contributed by atoms with Gasteiger partial charge in [0.2, 0.25) is 0 Å². The third kappa shape index (κ3) is 5.61. The van der Waals surface area contributed by atoms with E-state index in [1.165, 1.54) is 12.1 Å². The molecule has 2 aromatic heterocycles. The zero-order chi connectivity index (χ0) is 24.1. The van der Waals surface area contributed by atoms with Crippen LogP contribution in [0.3, 0.4) is 0 Å². The predicted octanol–water partition coefficient (Wildman–Crippen LogP) is 3.61. The number of halogens is 3. The van der Waals surface area contributed by atoms with Gasteiger partial charge >= 0.3 is 6.18 Å². The Morgan fingerprint density at radius 1 is 1.18 bits per heavy atom. The fourth-order valence-corrected chi connectivity index (χ4v) is 4.24. The number of hydrogen-bond donors (Lipinski definition) is 1. The summed E-state index contributed by atoms with van der Waals surface area (Å²) in [6, 6.07) is 4.13. The molecule has 1 saturated heterocycles. The highest BCUT2D eigenvalue weighted by Crippen LogP contribution is 2.29. The van der Waals surface area contributed by atoms with Crippen molar-refractivity contribution in [3.05, 3.63) is 41.6 Å². The topological polar surface area (TPSA) is 85.2 Å². The fourth-order valence-electron chi connectivity index (χ4n) is 3.55. The molecule has 1 aliphatic rings. The zero-order valence-corrected chi connectivity index (χ0v) is 19.5. The number of carbonyl (C=O) groups is 1. The Balaban J connectivity index is 1.47. The van der Waals surface area contributed by atoms with Crippen LogP contribution in [0.4, 0.5) is 19.0 Å². The molecule has 3 heterocycles. The first-order chi connectivity index (χ1) is 16.4. The van der Waals surface area contributed by atoms with Crippen LogP contribution < -0.4 is 10.2 Å². The van der Waals surface area contributed by atoms with E-state index in [0.717, 1.165) is 48.6 Å². The summed E-state index contributed by atoms with van der Waals surface area (Å²) in [5, 5.41) is 8.68. The van der Waals surface area contributed by atoms with Crippen molar-refractivity contribution in [3.63, 3.8) is 0 Å². The Morgan fingerprint density at radius 2 is 1.91 bits per heavy atom. The average Bonchev–Trinajstić information content (AvgIpc) is 3.25. The number of alkyl halides is 3. The summed E-state index contributed by atoms with van der Waals surface area (Å²) in [6.45, 7) is 5.42. The van der Waals surface area contributed by atoms with Crippen molar-refractivity contribution < 1.29 is 22.7 Å². The smallest absolute Gasteiger partial charge is 0.378 e. The van der Waals surface area contributed by atoms with E-state index < -0.39 is 17.6 Å². The number of morpholine rings is 1. The molecule has 1 aromatic carbocycles. The first-order valence-electron chi connectivity index (χ1n) is 11.0. The monoisotopic (exact) mass is 494 g/mol. The van der Waals surface area contributed by atoms with Gasteiger partial charge in [0.25, 0.3) is 5.91 Å². The lowest BCUT2D eigenvalue weighted by atomic mass is 10.1. The lowest BCUT2D eigenvalue weighted by Crippen LogP contribution is -2.37. The van der Waals surface area contributed by atoms with Crippen LogP contribution in [-0.4, -0.2) is 64.3 Å². The second-order valence-electron chi connectivity index (χ2n) is 7.71. The number of hydrogen-bond acceptors (Lipinski definition) is 7. The van der Waals surface area contributed by atoms with Gasteiger partial charge in [-0.15, -0.1) is 0 Å².